The summed E-state index contributed by atoms with van der Waals surface area (Å²) in [5.41, 5.74) is 0.385. The second-order valence-corrected chi connectivity index (χ2v) is 5.30. The van der Waals surface area contributed by atoms with E-state index in [9.17, 15) is 9.59 Å². The van der Waals surface area contributed by atoms with Gasteiger partial charge in [0.2, 0.25) is 0 Å². The molecule has 0 aromatic heterocycles. The summed E-state index contributed by atoms with van der Waals surface area (Å²) in [5.74, 6) is -0.452. The minimum atomic E-state index is -0.452. The number of carbonyl (C=O) groups is 2. The number of methoxy groups -OCH3 is 1. The molecule has 1 amide bonds. The number of carbonyl (C=O) groups excluding carboxylic acids is 2. The molecule has 1 aromatic carbocycles. The van der Waals surface area contributed by atoms with Crippen molar-refractivity contribution in [1.82, 2.24) is 4.90 Å². The maximum absolute atomic E-state index is 11.6. The molecule has 1 rings (SSSR count). The van der Waals surface area contributed by atoms with Crippen LogP contribution in [0, 0.1) is 0 Å². The van der Waals surface area contributed by atoms with Crippen LogP contribution in [0.25, 0.3) is 0 Å². The van der Waals surface area contributed by atoms with E-state index in [0.717, 1.165) is 16.2 Å². The van der Waals surface area contributed by atoms with Crippen molar-refractivity contribution < 1.29 is 14.3 Å². The highest BCUT2D eigenvalue weighted by molar-refractivity contribution is 9.10. The van der Waals surface area contributed by atoms with E-state index in [1.807, 2.05) is 0 Å². The van der Waals surface area contributed by atoms with E-state index in [1.54, 1.807) is 32.3 Å². The lowest BCUT2D eigenvalue weighted by atomic mass is 10.2. The first kappa shape index (κ1) is 14.1. The zero-order valence-corrected chi connectivity index (χ0v) is 12.1. The second kappa shape index (κ2) is 6.07. The van der Waals surface area contributed by atoms with E-state index in [4.69, 9.17) is 0 Å². The molecule has 0 bridgehead atoms. The molecular formula is C11H12BrNO3S. The van der Waals surface area contributed by atoms with Crippen LogP contribution in [0.15, 0.2) is 27.6 Å². The van der Waals surface area contributed by atoms with E-state index >= 15 is 0 Å². The van der Waals surface area contributed by atoms with Crippen LogP contribution < -0.4 is 0 Å². The van der Waals surface area contributed by atoms with Gasteiger partial charge in [0.25, 0.3) is 5.24 Å². The standard InChI is InChI=1S/C11H12BrNO3S/c1-13(2)11(15)17-9-6-7(12)4-5-8(9)10(14)16-3/h4-6H,1-3H3. The predicted octanol–water partition coefficient (Wildman–Crippen LogP) is 3.01. The lowest BCUT2D eigenvalue weighted by Crippen LogP contribution is -2.16. The van der Waals surface area contributed by atoms with E-state index in [1.165, 1.54) is 12.0 Å². The molecule has 0 aliphatic rings. The van der Waals surface area contributed by atoms with Crippen molar-refractivity contribution in [2.45, 2.75) is 4.90 Å². The molecule has 0 N–H and O–H groups in total. The maximum Gasteiger partial charge on any atom is 0.339 e. The number of rotatable bonds is 2. The first-order chi connectivity index (χ1) is 7.95. The van der Waals surface area contributed by atoms with Gasteiger partial charge in [-0.15, -0.1) is 0 Å². The van der Waals surface area contributed by atoms with Gasteiger partial charge < -0.3 is 9.64 Å². The summed E-state index contributed by atoms with van der Waals surface area (Å²) in [4.78, 5) is 25.2. The molecule has 0 spiro atoms. The SMILES string of the molecule is COC(=O)c1ccc(Br)cc1SC(=O)N(C)C. The summed E-state index contributed by atoms with van der Waals surface area (Å²) < 4.78 is 5.47. The van der Waals surface area contributed by atoms with Crippen LogP contribution in [0.4, 0.5) is 4.79 Å². The van der Waals surface area contributed by atoms with Crippen molar-refractivity contribution in [2.24, 2.45) is 0 Å². The normalized spacial score (nSPS) is 9.88. The van der Waals surface area contributed by atoms with E-state index in [-0.39, 0.29) is 5.24 Å². The fourth-order valence-electron chi connectivity index (χ4n) is 1.04. The van der Waals surface area contributed by atoms with Gasteiger partial charge in [-0.3, -0.25) is 4.79 Å². The second-order valence-electron chi connectivity index (χ2n) is 3.39. The van der Waals surface area contributed by atoms with Crippen LogP contribution in [0.2, 0.25) is 0 Å². The van der Waals surface area contributed by atoms with Gasteiger partial charge in [0.15, 0.2) is 0 Å². The molecule has 4 nitrogen and oxygen atoms in total. The van der Waals surface area contributed by atoms with Gasteiger partial charge in [-0.2, -0.15) is 0 Å². The zero-order valence-electron chi connectivity index (χ0n) is 9.69. The number of hydrogen-bond donors (Lipinski definition) is 0. The van der Waals surface area contributed by atoms with Gasteiger partial charge in [-0.25, -0.2) is 4.79 Å². The Bertz CT molecular complexity index is 448. The fourth-order valence-corrected chi connectivity index (χ4v) is 2.38. The molecule has 0 atom stereocenters. The maximum atomic E-state index is 11.6. The summed E-state index contributed by atoms with van der Waals surface area (Å²) in [6.07, 6.45) is 0. The Hall–Kier alpha value is -1.01. The Morgan fingerprint density at radius 3 is 2.53 bits per heavy atom. The van der Waals surface area contributed by atoms with Gasteiger partial charge in [-0.1, -0.05) is 15.9 Å². The summed E-state index contributed by atoms with van der Waals surface area (Å²) in [7, 11) is 4.63. The molecule has 0 aliphatic heterocycles. The Morgan fingerprint density at radius 1 is 1.35 bits per heavy atom. The Kier molecular flexibility index (Phi) is 5.02. The Morgan fingerprint density at radius 2 is 2.00 bits per heavy atom. The van der Waals surface area contributed by atoms with Gasteiger partial charge in [0, 0.05) is 23.5 Å². The van der Waals surface area contributed by atoms with E-state index < -0.39 is 5.97 Å². The van der Waals surface area contributed by atoms with Crippen LogP contribution in [-0.4, -0.2) is 37.3 Å². The quantitative estimate of drug-likeness (QED) is 0.621. The topological polar surface area (TPSA) is 46.6 Å². The minimum Gasteiger partial charge on any atom is -0.465 e. The number of thioether (sulfide) groups is 1. The number of ether oxygens (including phenoxy) is 1. The third-order valence-electron chi connectivity index (χ3n) is 1.91. The van der Waals surface area contributed by atoms with Crippen molar-refractivity contribution in [3.05, 3.63) is 28.2 Å². The summed E-state index contributed by atoms with van der Waals surface area (Å²) >= 11 is 4.30. The van der Waals surface area contributed by atoms with Crippen LogP contribution in [0.3, 0.4) is 0 Å². The number of esters is 1. The fraction of sp³-hybridized carbons (Fsp3) is 0.273. The van der Waals surface area contributed by atoms with E-state index in [2.05, 4.69) is 20.7 Å². The third-order valence-corrected chi connectivity index (χ3v) is 3.50. The molecule has 0 unspecified atom stereocenters. The van der Waals surface area contributed by atoms with Crippen molar-refractivity contribution in [3.8, 4) is 0 Å². The molecule has 0 radical (unpaired) electrons. The van der Waals surface area contributed by atoms with E-state index in [0.29, 0.717) is 10.5 Å². The van der Waals surface area contributed by atoms with Crippen LogP contribution in [0.5, 0.6) is 0 Å². The first-order valence-corrected chi connectivity index (χ1v) is 6.33. The summed E-state index contributed by atoms with van der Waals surface area (Å²) in [6.45, 7) is 0. The molecular weight excluding hydrogens is 306 g/mol. The number of amides is 1. The Labute approximate surface area is 112 Å². The average Bonchev–Trinajstić information content (AvgIpc) is 2.28. The lowest BCUT2D eigenvalue weighted by molar-refractivity contribution is 0.0597. The van der Waals surface area contributed by atoms with Crippen molar-refractivity contribution >= 4 is 38.9 Å². The van der Waals surface area contributed by atoms with Crippen molar-refractivity contribution in [3.63, 3.8) is 0 Å². The largest absolute Gasteiger partial charge is 0.465 e. The smallest absolute Gasteiger partial charge is 0.339 e. The van der Waals surface area contributed by atoms with Crippen molar-refractivity contribution in [1.29, 1.82) is 0 Å². The zero-order chi connectivity index (χ0) is 13.0. The summed E-state index contributed by atoms with van der Waals surface area (Å²) in [5, 5.41) is -0.145. The van der Waals surface area contributed by atoms with Crippen LogP contribution in [-0.2, 0) is 4.74 Å². The predicted molar refractivity (Wildman–Crippen MR) is 70.4 cm³/mol. The van der Waals surface area contributed by atoms with Gasteiger partial charge in [0.05, 0.1) is 12.7 Å². The number of nitrogens with zero attached hydrogens (tertiary/aromatic N) is 1. The van der Waals surface area contributed by atoms with Crippen LogP contribution >= 0.6 is 27.7 Å². The van der Waals surface area contributed by atoms with Gasteiger partial charge in [0.1, 0.15) is 0 Å². The monoisotopic (exact) mass is 317 g/mol. The molecule has 92 valence electrons. The highest BCUT2D eigenvalue weighted by Gasteiger charge is 2.16. The summed E-state index contributed by atoms with van der Waals surface area (Å²) in [6, 6.07) is 5.08. The molecule has 17 heavy (non-hydrogen) atoms. The molecule has 0 saturated heterocycles. The van der Waals surface area contributed by atoms with Crippen molar-refractivity contribution in [2.75, 3.05) is 21.2 Å². The molecule has 0 aliphatic carbocycles. The highest BCUT2D eigenvalue weighted by Crippen LogP contribution is 2.28. The van der Waals surface area contributed by atoms with Gasteiger partial charge in [-0.05, 0) is 30.0 Å². The first-order valence-electron chi connectivity index (χ1n) is 4.72. The third kappa shape index (κ3) is 3.74. The average molecular weight is 318 g/mol. The highest BCUT2D eigenvalue weighted by atomic mass is 79.9. The molecule has 1 aromatic rings. The Balaban J connectivity index is 3.07. The minimum absolute atomic E-state index is 0.145. The molecule has 6 heteroatoms. The number of hydrogen-bond acceptors (Lipinski definition) is 4. The van der Waals surface area contributed by atoms with Gasteiger partial charge >= 0.3 is 5.97 Å². The number of halogens is 1. The van der Waals surface area contributed by atoms with Crippen LogP contribution in [0.1, 0.15) is 10.4 Å². The molecule has 0 saturated carbocycles. The molecule has 0 fully saturated rings. The number of benzene rings is 1. The molecule has 0 heterocycles. The lowest BCUT2D eigenvalue weighted by Gasteiger charge is -2.11.